The van der Waals surface area contributed by atoms with Gasteiger partial charge in [0.25, 0.3) is 11.1 Å². The van der Waals surface area contributed by atoms with Gasteiger partial charge in [0.2, 0.25) is 0 Å². The molecule has 0 radical (unpaired) electrons. The molecule has 2 heterocycles. The van der Waals surface area contributed by atoms with Crippen LogP contribution in [-0.2, 0) is 11.3 Å². The van der Waals surface area contributed by atoms with Crippen LogP contribution in [0.4, 0.5) is 4.79 Å². The summed E-state index contributed by atoms with van der Waals surface area (Å²) in [4.78, 5) is 38.0. The second-order valence-electron chi connectivity index (χ2n) is 6.84. The van der Waals surface area contributed by atoms with Crippen molar-refractivity contribution < 1.29 is 18.8 Å². The molecule has 0 saturated carbocycles. The van der Waals surface area contributed by atoms with E-state index in [0.29, 0.717) is 32.7 Å². The summed E-state index contributed by atoms with van der Waals surface area (Å²) in [6, 6.07) is 15.5. The van der Waals surface area contributed by atoms with Crippen LogP contribution in [0.3, 0.4) is 0 Å². The standard InChI is InChI=1S/C23H15Cl2NO4S/c1-13(27)14-2-4-15(5-3-14)20-9-8-18(30-20)11-21-22(28)26(23(29)31-21)12-16-6-7-17(24)10-19(16)25/h2-11H,12H2,1H3/b21-11-. The molecule has 1 saturated heterocycles. The van der Waals surface area contributed by atoms with E-state index >= 15 is 0 Å². The maximum atomic E-state index is 12.8. The number of Topliss-reactive ketones (excluding diaryl/α,β-unsaturated/α-hetero) is 1. The minimum absolute atomic E-state index is 0.0118. The van der Waals surface area contributed by atoms with Crippen molar-refractivity contribution in [2.45, 2.75) is 13.5 Å². The Morgan fingerprint density at radius 1 is 1.06 bits per heavy atom. The summed E-state index contributed by atoms with van der Waals surface area (Å²) in [7, 11) is 0. The lowest BCUT2D eigenvalue weighted by atomic mass is 10.1. The van der Waals surface area contributed by atoms with Gasteiger partial charge < -0.3 is 4.42 Å². The highest BCUT2D eigenvalue weighted by molar-refractivity contribution is 8.18. The molecule has 0 bridgehead atoms. The van der Waals surface area contributed by atoms with E-state index in [-0.39, 0.29) is 22.5 Å². The van der Waals surface area contributed by atoms with Crippen LogP contribution in [0.2, 0.25) is 10.0 Å². The molecule has 1 aliphatic heterocycles. The average Bonchev–Trinajstić information content (AvgIpc) is 3.30. The zero-order valence-corrected chi connectivity index (χ0v) is 18.6. The summed E-state index contributed by atoms with van der Waals surface area (Å²) in [5, 5.41) is 0.489. The highest BCUT2D eigenvalue weighted by Gasteiger charge is 2.35. The number of hydrogen-bond acceptors (Lipinski definition) is 5. The Kier molecular flexibility index (Phi) is 6.05. The highest BCUT2D eigenvalue weighted by atomic mass is 35.5. The lowest BCUT2D eigenvalue weighted by molar-refractivity contribution is -0.123. The van der Waals surface area contributed by atoms with Gasteiger partial charge in [-0.2, -0.15) is 0 Å². The fourth-order valence-electron chi connectivity index (χ4n) is 3.04. The van der Waals surface area contributed by atoms with Crippen molar-refractivity contribution in [3.05, 3.63) is 86.4 Å². The fraction of sp³-hybridized carbons (Fsp3) is 0.0870. The Hall–Kier alpha value is -2.80. The maximum absolute atomic E-state index is 12.8. The normalized spacial score (nSPS) is 15.2. The number of nitrogens with zero attached hydrogens (tertiary/aromatic N) is 1. The van der Waals surface area contributed by atoms with Crippen LogP contribution in [0, 0.1) is 0 Å². The molecule has 2 aromatic carbocycles. The lowest BCUT2D eigenvalue weighted by Crippen LogP contribution is -2.27. The second kappa shape index (κ2) is 8.75. The molecule has 0 atom stereocenters. The Labute approximate surface area is 192 Å². The minimum Gasteiger partial charge on any atom is -0.457 e. The van der Waals surface area contributed by atoms with E-state index in [0.717, 1.165) is 22.2 Å². The SMILES string of the molecule is CC(=O)c1ccc(-c2ccc(/C=C3\SC(=O)N(Cc4ccc(Cl)cc4Cl)C3=O)o2)cc1. The average molecular weight is 472 g/mol. The van der Waals surface area contributed by atoms with E-state index in [9.17, 15) is 14.4 Å². The molecule has 0 unspecified atom stereocenters. The van der Waals surface area contributed by atoms with Crippen molar-refractivity contribution in [1.82, 2.24) is 4.90 Å². The molecule has 1 fully saturated rings. The van der Waals surface area contributed by atoms with Gasteiger partial charge in [0, 0.05) is 27.2 Å². The number of imide groups is 1. The molecule has 0 aliphatic carbocycles. The van der Waals surface area contributed by atoms with Gasteiger partial charge in [-0.3, -0.25) is 19.3 Å². The molecule has 4 rings (SSSR count). The van der Waals surface area contributed by atoms with Crippen molar-refractivity contribution in [3.8, 4) is 11.3 Å². The first-order chi connectivity index (χ1) is 14.8. The third-order valence-corrected chi connectivity index (χ3v) is 6.19. The molecule has 0 spiro atoms. The number of rotatable bonds is 5. The molecule has 1 aliphatic rings. The van der Waals surface area contributed by atoms with Crippen LogP contribution in [0.5, 0.6) is 0 Å². The molecular formula is C23H15Cl2NO4S. The number of carbonyl (C=O) groups excluding carboxylic acids is 3. The molecule has 2 amide bonds. The van der Waals surface area contributed by atoms with Gasteiger partial charge in [-0.15, -0.1) is 0 Å². The van der Waals surface area contributed by atoms with Crippen molar-refractivity contribution in [2.75, 3.05) is 0 Å². The molecule has 8 heteroatoms. The van der Waals surface area contributed by atoms with E-state index in [1.807, 2.05) is 0 Å². The number of amides is 2. The van der Waals surface area contributed by atoms with E-state index < -0.39 is 5.91 Å². The monoisotopic (exact) mass is 471 g/mol. The molecule has 1 aromatic heterocycles. The van der Waals surface area contributed by atoms with Crippen LogP contribution in [0.25, 0.3) is 17.4 Å². The summed E-state index contributed by atoms with van der Waals surface area (Å²) in [6.07, 6.45) is 1.54. The predicted octanol–water partition coefficient (Wildman–Crippen LogP) is 6.69. The zero-order valence-electron chi connectivity index (χ0n) is 16.2. The second-order valence-corrected chi connectivity index (χ2v) is 8.68. The van der Waals surface area contributed by atoms with Gasteiger partial charge in [-0.1, -0.05) is 53.5 Å². The van der Waals surface area contributed by atoms with Crippen LogP contribution in [0.15, 0.2) is 63.9 Å². The fourth-order valence-corrected chi connectivity index (χ4v) is 4.33. The quantitative estimate of drug-likeness (QED) is 0.306. The number of carbonyl (C=O) groups is 3. The van der Waals surface area contributed by atoms with Crippen molar-refractivity contribution in [2.24, 2.45) is 0 Å². The minimum atomic E-state index is -0.412. The summed E-state index contributed by atoms with van der Waals surface area (Å²) in [6.45, 7) is 1.57. The van der Waals surface area contributed by atoms with Crippen LogP contribution in [0.1, 0.15) is 28.6 Å². The number of halogens is 2. The van der Waals surface area contributed by atoms with Crippen LogP contribution >= 0.6 is 35.0 Å². The van der Waals surface area contributed by atoms with E-state index in [1.165, 1.54) is 6.92 Å². The molecule has 5 nitrogen and oxygen atoms in total. The Morgan fingerprint density at radius 3 is 2.48 bits per heavy atom. The first-order valence-electron chi connectivity index (χ1n) is 9.22. The number of benzene rings is 2. The van der Waals surface area contributed by atoms with Crippen molar-refractivity contribution >= 4 is 58.0 Å². The Morgan fingerprint density at radius 2 is 1.81 bits per heavy atom. The number of thioether (sulfide) groups is 1. The van der Waals surface area contributed by atoms with Crippen molar-refractivity contribution in [3.63, 3.8) is 0 Å². The molecule has 0 N–H and O–H groups in total. The van der Waals surface area contributed by atoms with Crippen molar-refractivity contribution in [1.29, 1.82) is 0 Å². The third kappa shape index (κ3) is 4.61. The van der Waals surface area contributed by atoms with Crippen LogP contribution < -0.4 is 0 Å². The van der Waals surface area contributed by atoms with Gasteiger partial charge in [0.1, 0.15) is 11.5 Å². The first-order valence-corrected chi connectivity index (χ1v) is 10.8. The van der Waals surface area contributed by atoms with E-state index in [1.54, 1.807) is 60.7 Å². The molecule has 3 aromatic rings. The number of furan rings is 1. The Balaban J connectivity index is 1.52. The smallest absolute Gasteiger partial charge is 0.293 e. The van der Waals surface area contributed by atoms with Gasteiger partial charge in [0.15, 0.2) is 5.78 Å². The van der Waals surface area contributed by atoms with E-state index in [2.05, 4.69) is 0 Å². The molecule has 156 valence electrons. The van der Waals surface area contributed by atoms with Gasteiger partial charge in [-0.25, -0.2) is 0 Å². The predicted molar refractivity (Wildman–Crippen MR) is 122 cm³/mol. The lowest BCUT2D eigenvalue weighted by Gasteiger charge is -2.13. The molecule has 31 heavy (non-hydrogen) atoms. The van der Waals surface area contributed by atoms with Gasteiger partial charge in [0.05, 0.1) is 11.4 Å². The first kappa shape index (κ1) is 21.4. The summed E-state index contributed by atoms with van der Waals surface area (Å²) >= 11 is 12.9. The van der Waals surface area contributed by atoms with Gasteiger partial charge >= 0.3 is 0 Å². The number of ketones is 1. The highest BCUT2D eigenvalue weighted by Crippen LogP contribution is 2.35. The summed E-state index contributed by atoms with van der Waals surface area (Å²) in [5.74, 6) is 0.612. The Bertz CT molecular complexity index is 1230. The van der Waals surface area contributed by atoms with Crippen LogP contribution in [-0.4, -0.2) is 21.8 Å². The van der Waals surface area contributed by atoms with E-state index in [4.69, 9.17) is 27.6 Å². The summed E-state index contributed by atoms with van der Waals surface area (Å²) in [5.41, 5.74) is 2.05. The molecular weight excluding hydrogens is 457 g/mol. The number of hydrogen-bond donors (Lipinski definition) is 0. The third-order valence-electron chi connectivity index (χ3n) is 4.69. The summed E-state index contributed by atoms with van der Waals surface area (Å²) < 4.78 is 5.81. The zero-order chi connectivity index (χ0) is 22.1. The topological polar surface area (TPSA) is 67.6 Å². The maximum Gasteiger partial charge on any atom is 0.293 e. The van der Waals surface area contributed by atoms with Gasteiger partial charge in [-0.05, 0) is 48.5 Å². The largest absolute Gasteiger partial charge is 0.457 e.